The van der Waals surface area contributed by atoms with E-state index in [-0.39, 0.29) is 11.2 Å². The van der Waals surface area contributed by atoms with Crippen molar-refractivity contribution in [1.82, 2.24) is 14.8 Å². The Morgan fingerprint density at radius 2 is 1.76 bits per heavy atom. The minimum atomic E-state index is -0.311. The molecule has 1 amide bonds. The SMILES string of the molecule is CC(Sc1nnc(Cc2cccs2)n1CCc1ccccc1)C(=O)Nc1ccccc1C(C)C. The molecule has 34 heavy (non-hydrogen) atoms. The van der Waals surface area contributed by atoms with Crippen LogP contribution in [0.5, 0.6) is 0 Å². The number of aryl methyl sites for hydroxylation is 1. The van der Waals surface area contributed by atoms with Crippen molar-refractivity contribution in [3.63, 3.8) is 0 Å². The van der Waals surface area contributed by atoms with Gasteiger partial charge in [-0.25, -0.2) is 0 Å². The highest BCUT2D eigenvalue weighted by atomic mass is 32.2. The van der Waals surface area contributed by atoms with Crippen LogP contribution in [-0.4, -0.2) is 25.9 Å². The second kappa shape index (κ2) is 11.5. The molecule has 0 aliphatic heterocycles. The van der Waals surface area contributed by atoms with Crippen LogP contribution in [0.2, 0.25) is 0 Å². The number of hydrogen-bond donors (Lipinski definition) is 1. The largest absolute Gasteiger partial charge is 0.325 e. The van der Waals surface area contributed by atoms with Crippen LogP contribution in [0, 0.1) is 0 Å². The molecule has 4 rings (SSSR count). The average molecular weight is 491 g/mol. The number of hydrogen-bond acceptors (Lipinski definition) is 5. The van der Waals surface area contributed by atoms with Crippen molar-refractivity contribution in [3.05, 3.63) is 93.9 Å². The summed E-state index contributed by atoms with van der Waals surface area (Å²) < 4.78 is 2.17. The van der Waals surface area contributed by atoms with Crippen molar-refractivity contribution in [2.45, 2.75) is 56.5 Å². The Morgan fingerprint density at radius 3 is 2.50 bits per heavy atom. The zero-order valence-corrected chi connectivity index (χ0v) is 21.4. The van der Waals surface area contributed by atoms with Crippen molar-refractivity contribution < 1.29 is 4.79 Å². The number of carbonyl (C=O) groups excluding carboxylic acids is 1. The third kappa shape index (κ3) is 6.15. The van der Waals surface area contributed by atoms with E-state index >= 15 is 0 Å². The first-order valence-corrected chi connectivity index (χ1v) is 13.3. The molecule has 0 saturated heterocycles. The fourth-order valence-electron chi connectivity index (χ4n) is 3.78. The molecule has 2 aromatic heterocycles. The third-order valence-electron chi connectivity index (χ3n) is 5.66. The zero-order chi connectivity index (χ0) is 23.9. The molecule has 0 fully saturated rings. The number of para-hydroxylation sites is 1. The van der Waals surface area contributed by atoms with Gasteiger partial charge in [0.05, 0.1) is 5.25 Å². The lowest BCUT2D eigenvalue weighted by molar-refractivity contribution is -0.115. The van der Waals surface area contributed by atoms with Gasteiger partial charge in [-0.2, -0.15) is 0 Å². The van der Waals surface area contributed by atoms with Crippen LogP contribution in [0.15, 0.2) is 77.3 Å². The van der Waals surface area contributed by atoms with Gasteiger partial charge in [0, 0.05) is 23.5 Å². The van der Waals surface area contributed by atoms with Crippen LogP contribution < -0.4 is 5.32 Å². The summed E-state index contributed by atoms with van der Waals surface area (Å²) in [6, 6.07) is 22.6. The van der Waals surface area contributed by atoms with Gasteiger partial charge in [-0.05, 0) is 47.9 Å². The maximum absolute atomic E-state index is 13.1. The molecule has 0 radical (unpaired) electrons. The molecule has 7 heteroatoms. The number of amides is 1. The van der Waals surface area contributed by atoms with Crippen molar-refractivity contribution in [2.24, 2.45) is 0 Å². The highest BCUT2D eigenvalue weighted by Crippen LogP contribution is 2.28. The topological polar surface area (TPSA) is 59.8 Å². The highest BCUT2D eigenvalue weighted by molar-refractivity contribution is 8.00. The van der Waals surface area contributed by atoms with E-state index < -0.39 is 0 Å². The standard InChI is InChI=1S/C27H30N4OS2/c1-19(2)23-13-7-8-14-24(23)28-26(32)20(3)34-27-30-29-25(18-22-12-9-17-33-22)31(27)16-15-21-10-5-4-6-11-21/h4-14,17,19-20H,15-16,18H2,1-3H3,(H,28,32). The van der Waals surface area contributed by atoms with E-state index in [0.29, 0.717) is 5.92 Å². The zero-order valence-electron chi connectivity index (χ0n) is 19.8. The van der Waals surface area contributed by atoms with Crippen molar-refractivity contribution in [1.29, 1.82) is 0 Å². The molecule has 5 nitrogen and oxygen atoms in total. The maximum Gasteiger partial charge on any atom is 0.237 e. The van der Waals surface area contributed by atoms with E-state index in [1.165, 1.54) is 22.2 Å². The summed E-state index contributed by atoms with van der Waals surface area (Å²) >= 11 is 3.18. The first-order chi connectivity index (χ1) is 16.5. The van der Waals surface area contributed by atoms with Crippen molar-refractivity contribution >= 4 is 34.7 Å². The molecule has 2 aromatic carbocycles. The lowest BCUT2D eigenvalue weighted by atomic mass is 10.0. The van der Waals surface area contributed by atoms with Gasteiger partial charge in [0.2, 0.25) is 5.91 Å². The number of carbonyl (C=O) groups is 1. The smallest absolute Gasteiger partial charge is 0.237 e. The number of benzene rings is 2. The maximum atomic E-state index is 13.1. The fraction of sp³-hybridized carbons (Fsp3) is 0.296. The van der Waals surface area contributed by atoms with Gasteiger partial charge in [0.25, 0.3) is 0 Å². The van der Waals surface area contributed by atoms with Crippen LogP contribution in [0.3, 0.4) is 0 Å². The third-order valence-corrected chi connectivity index (χ3v) is 7.62. The predicted molar refractivity (Wildman–Crippen MR) is 142 cm³/mol. The molecular weight excluding hydrogens is 460 g/mol. The molecule has 4 aromatic rings. The molecule has 0 saturated carbocycles. The van der Waals surface area contributed by atoms with E-state index in [2.05, 4.69) is 81.8 Å². The number of aromatic nitrogens is 3. The number of nitrogens with one attached hydrogen (secondary N) is 1. The summed E-state index contributed by atoms with van der Waals surface area (Å²) in [5.41, 5.74) is 3.28. The molecule has 1 atom stereocenters. The minimum absolute atomic E-state index is 0.0319. The van der Waals surface area contributed by atoms with Crippen LogP contribution >= 0.6 is 23.1 Å². The van der Waals surface area contributed by atoms with Crippen LogP contribution in [0.1, 0.15) is 48.5 Å². The molecule has 2 heterocycles. The molecule has 1 N–H and O–H groups in total. The summed E-state index contributed by atoms with van der Waals surface area (Å²) in [5, 5.41) is 14.7. The Kier molecular flexibility index (Phi) is 8.19. The van der Waals surface area contributed by atoms with E-state index in [0.717, 1.165) is 41.6 Å². The van der Waals surface area contributed by atoms with Crippen molar-refractivity contribution in [2.75, 3.05) is 5.32 Å². The van der Waals surface area contributed by atoms with Gasteiger partial charge in [0.15, 0.2) is 5.16 Å². The van der Waals surface area contributed by atoms with Gasteiger partial charge in [-0.3, -0.25) is 4.79 Å². The van der Waals surface area contributed by atoms with E-state index in [1.807, 2.05) is 31.2 Å². The summed E-state index contributed by atoms with van der Waals surface area (Å²) in [5.74, 6) is 1.23. The van der Waals surface area contributed by atoms with Crippen LogP contribution in [0.4, 0.5) is 5.69 Å². The first kappa shape index (κ1) is 24.2. The molecule has 0 bridgehead atoms. The van der Waals surface area contributed by atoms with Gasteiger partial charge in [-0.15, -0.1) is 21.5 Å². The van der Waals surface area contributed by atoms with E-state index in [4.69, 9.17) is 0 Å². The number of thioether (sulfide) groups is 1. The summed E-state index contributed by atoms with van der Waals surface area (Å²) in [6.45, 7) is 6.96. The first-order valence-electron chi connectivity index (χ1n) is 11.6. The van der Waals surface area contributed by atoms with Gasteiger partial charge in [-0.1, -0.05) is 80.2 Å². The average Bonchev–Trinajstić information content (AvgIpc) is 3.49. The van der Waals surface area contributed by atoms with Crippen LogP contribution in [0.25, 0.3) is 0 Å². The Morgan fingerprint density at radius 1 is 1.00 bits per heavy atom. The summed E-state index contributed by atoms with van der Waals surface area (Å²) in [7, 11) is 0. The monoisotopic (exact) mass is 490 g/mol. The molecule has 176 valence electrons. The Labute approximate surface area is 209 Å². The predicted octanol–water partition coefficient (Wildman–Crippen LogP) is 6.42. The second-order valence-corrected chi connectivity index (χ2v) is 10.9. The van der Waals surface area contributed by atoms with Gasteiger partial charge in [0.1, 0.15) is 5.82 Å². The Hall–Kier alpha value is -2.90. The Balaban J connectivity index is 1.50. The van der Waals surface area contributed by atoms with Crippen molar-refractivity contribution in [3.8, 4) is 0 Å². The van der Waals surface area contributed by atoms with Gasteiger partial charge < -0.3 is 9.88 Å². The van der Waals surface area contributed by atoms with E-state index in [9.17, 15) is 4.79 Å². The number of thiophene rings is 1. The molecular formula is C27H30N4OS2. The Bertz CT molecular complexity index is 1200. The molecule has 0 aliphatic rings. The number of nitrogens with zero attached hydrogens (tertiary/aromatic N) is 3. The lowest BCUT2D eigenvalue weighted by Gasteiger charge is -2.17. The fourth-order valence-corrected chi connectivity index (χ4v) is 5.37. The highest BCUT2D eigenvalue weighted by Gasteiger charge is 2.21. The lowest BCUT2D eigenvalue weighted by Crippen LogP contribution is -2.24. The van der Waals surface area contributed by atoms with Gasteiger partial charge >= 0.3 is 0 Å². The minimum Gasteiger partial charge on any atom is -0.325 e. The second-order valence-electron chi connectivity index (χ2n) is 8.53. The summed E-state index contributed by atoms with van der Waals surface area (Å²) in [4.78, 5) is 14.3. The molecule has 1 unspecified atom stereocenters. The molecule has 0 aliphatic carbocycles. The van der Waals surface area contributed by atoms with Crippen LogP contribution in [-0.2, 0) is 24.2 Å². The number of anilines is 1. The summed E-state index contributed by atoms with van der Waals surface area (Å²) in [6.07, 6.45) is 1.62. The normalized spacial score (nSPS) is 12.1. The molecule has 0 spiro atoms. The number of rotatable bonds is 10. The van der Waals surface area contributed by atoms with E-state index in [1.54, 1.807) is 11.3 Å². The quantitative estimate of drug-likeness (QED) is 0.261.